The normalized spacial score (nSPS) is 23.6. The zero-order valence-electron chi connectivity index (χ0n) is 22.3. The van der Waals surface area contributed by atoms with Gasteiger partial charge in [-0.3, -0.25) is 0 Å². The molecule has 1 aromatic heterocycles. The van der Waals surface area contributed by atoms with Crippen LogP contribution in [-0.4, -0.2) is 47.3 Å². The maximum Gasteiger partial charge on any atom is 0.232 e. The molecular formula is C29H41FN6S. The second kappa shape index (κ2) is 11.5. The highest BCUT2D eigenvalue weighted by Gasteiger charge is 2.35. The lowest BCUT2D eigenvalue weighted by atomic mass is 9.79. The molecule has 2 saturated heterocycles. The first-order valence-electron chi connectivity index (χ1n) is 14.1. The summed E-state index contributed by atoms with van der Waals surface area (Å²) in [5.41, 5.74) is 1.15. The summed E-state index contributed by atoms with van der Waals surface area (Å²) in [7, 11) is 0. The zero-order valence-corrected chi connectivity index (χ0v) is 23.1. The molecule has 0 spiro atoms. The molecule has 3 aliphatic rings. The fourth-order valence-electron chi connectivity index (χ4n) is 6.44. The average molecular weight is 525 g/mol. The number of rotatable bonds is 6. The van der Waals surface area contributed by atoms with Crippen molar-refractivity contribution in [2.24, 2.45) is 5.92 Å². The number of anilines is 3. The first-order valence-corrected chi connectivity index (χ1v) is 14.5. The average Bonchev–Trinajstić information content (AvgIpc) is 3.38. The summed E-state index contributed by atoms with van der Waals surface area (Å²) in [5, 5.41) is 7.31. The van der Waals surface area contributed by atoms with Crippen molar-refractivity contribution in [1.82, 2.24) is 15.3 Å². The quantitative estimate of drug-likeness (QED) is 0.448. The summed E-state index contributed by atoms with van der Waals surface area (Å²) in [5.74, 6) is 3.00. The van der Waals surface area contributed by atoms with Gasteiger partial charge in [0, 0.05) is 43.7 Å². The van der Waals surface area contributed by atoms with E-state index in [2.05, 4.69) is 40.3 Å². The van der Waals surface area contributed by atoms with Crippen LogP contribution in [0.25, 0.3) is 0 Å². The highest BCUT2D eigenvalue weighted by atomic mass is 32.1. The van der Waals surface area contributed by atoms with Gasteiger partial charge in [0.15, 0.2) is 5.11 Å². The van der Waals surface area contributed by atoms with Gasteiger partial charge < -0.3 is 20.4 Å². The molecule has 3 heterocycles. The van der Waals surface area contributed by atoms with Crippen LogP contribution in [0, 0.1) is 11.7 Å². The first kappa shape index (κ1) is 26.1. The molecule has 0 unspecified atom stereocenters. The van der Waals surface area contributed by atoms with Crippen LogP contribution in [0.5, 0.6) is 0 Å². The van der Waals surface area contributed by atoms with E-state index < -0.39 is 0 Å². The third kappa shape index (κ3) is 6.16. The number of piperidine rings is 2. The molecule has 0 bridgehead atoms. The van der Waals surface area contributed by atoms with Crippen molar-refractivity contribution < 1.29 is 4.39 Å². The van der Waals surface area contributed by atoms with E-state index >= 15 is 0 Å². The predicted octanol–water partition coefficient (Wildman–Crippen LogP) is 6.03. The second-order valence-electron chi connectivity index (χ2n) is 11.4. The number of nitrogens with one attached hydrogen (secondary N) is 2. The summed E-state index contributed by atoms with van der Waals surface area (Å²) in [6.07, 6.45) is 10.6. The van der Waals surface area contributed by atoms with Crippen molar-refractivity contribution in [3.05, 3.63) is 41.7 Å². The molecule has 8 heteroatoms. The number of thiocarbonyl (C=S) groups is 1. The molecule has 1 aromatic carbocycles. The number of halogens is 1. The van der Waals surface area contributed by atoms with Crippen molar-refractivity contribution >= 4 is 34.9 Å². The second-order valence-corrected chi connectivity index (χ2v) is 11.8. The van der Waals surface area contributed by atoms with Crippen molar-refractivity contribution in [2.75, 3.05) is 41.3 Å². The third-order valence-corrected chi connectivity index (χ3v) is 8.85. The van der Waals surface area contributed by atoms with Crippen LogP contribution in [0.15, 0.2) is 30.3 Å². The van der Waals surface area contributed by atoms with Crippen molar-refractivity contribution in [1.29, 1.82) is 0 Å². The van der Waals surface area contributed by atoms with Crippen LogP contribution < -0.4 is 20.4 Å². The van der Waals surface area contributed by atoms with Gasteiger partial charge in [-0.2, -0.15) is 9.97 Å². The van der Waals surface area contributed by atoms with Crippen LogP contribution in [0.4, 0.5) is 22.0 Å². The van der Waals surface area contributed by atoms with Crippen LogP contribution in [0.1, 0.15) is 77.2 Å². The maximum atomic E-state index is 13.6. The van der Waals surface area contributed by atoms with E-state index in [9.17, 15) is 4.39 Å². The van der Waals surface area contributed by atoms with Gasteiger partial charge in [0.1, 0.15) is 17.5 Å². The standard InChI is InChI=1S/C29H41FN6S/c1-21-8-7-16-35(19-21)25-18-26(36-17-6-3-9-22(36)2)33-27(32-25)34-28(37)31-20-29(14-4-5-15-29)23-10-12-24(30)13-11-23/h10-13,18,21-22H,3-9,14-17,19-20H2,1-2H3,(H2,31,32,33,34,37)/t21-,22-/m1/s1. The number of hydrogen-bond donors (Lipinski definition) is 2. The fraction of sp³-hybridized carbons (Fsp3) is 0.621. The molecule has 5 rings (SSSR count). The molecule has 6 nitrogen and oxygen atoms in total. The Morgan fingerprint density at radius 1 is 1.00 bits per heavy atom. The minimum absolute atomic E-state index is 0.0273. The highest BCUT2D eigenvalue weighted by molar-refractivity contribution is 7.80. The van der Waals surface area contributed by atoms with Crippen LogP contribution in [-0.2, 0) is 5.41 Å². The maximum absolute atomic E-state index is 13.6. The number of hydrogen-bond acceptors (Lipinski definition) is 5. The highest BCUT2D eigenvalue weighted by Crippen LogP contribution is 2.40. The van der Waals surface area contributed by atoms with E-state index in [0.717, 1.165) is 44.1 Å². The lowest BCUT2D eigenvalue weighted by Gasteiger charge is -2.36. The fourth-order valence-corrected chi connectivity index (χ4v) is 6.60. The Kier molecular flexibility index (Phi) is 8.12. The van der Waals surface area contributed by atoms with Gasteiger partial charge in [0.2, 0.25) is 5.95 Å². The Labute approximate surface area is 226 Å². The molecule has 0 amide bonds. The first-order chi connectivity index (χ1) is 17.9. The summed E-state index contributed by atoms with van der Waals surface area (Å²) < 4.78 is 13.6. The van der Waals surface area contributed by atoms with E-state index in [1.54, 1.807) is 12.1 Å². The van der Waals surface area contributed by atoms with Crippen LogP contribution in [0.2, 0.25) is 0 Å². The Hall–Kier alpha value is -2.48. The summed E-state index contributed by atoms with van der Waals surface area (Å²) >= 11 is 5.74. The molecule has 2 atom stereocenters. The lowest BCUT2D eigenvalue weighted by molar-refractivity contribution is 0.434. The van der Waals surface area contributed by atoms with E-state index in [1.165, 1.54) is 50.5 Å². The molecule has 2 aromatic rings. The summed E-state index contributed by atoms with van der Waals surface area (Å²) in [4.78, 5) is 14.7. The van der Waals surface area contributed by atoms with Crippen LogP contribution in [0.3, 0.4) is 0 Å². The molecule has 3 fully saturated rings. The molecule has 2 aliphatic heterocycles. The molecular weight excluding hydrogens is 483 g/mol. The van der Waals surface area contributed by atoms with Gasteiger partial charge in [-0.1, -0.05) is 31.9 Å². The van der Waals surface area contributed by atoms with Crippen LogP contribution >= 0.6 is 12.2 Å². The SMILES string of the molecule is C[C@@H]1CCCN(c2cc(N3CCCC[C@H]3C)nc(NC(=S)NCC3(c4ccc(F)cc4)CCCC3)n2)C1. The lowest BCUT2D eigenvalue weighted by Crippen LogP contribution is -2.41. The van der Waals surface area contributed by atoms with Gasteiger partial charge in [0.05, 0.1) is 0 Å². The van der Waals surface area contributed by atoms with E-state index in [0.29, 0.717) is 29.6 Å². The molecule has 1 aliphatic carbocycles. The van der Waals surface area contributed by atoms with Gasteiger partial charge >= 0.3 is 0 Å². The number of nitrogens with zero attached hydrogens (tertiary/aromatic N) is 4. The Balaban J connectivity index is 1.33. The molecule has 37 heavy (non-hydrogen) atoms. The summed E-state index contributed by atoms with van der Waals surface area (Å²) in [6, 6.07) is 9.62. The minimum atomic E-state index is -0.194. The van der Waals surface area contributed by atoms with Crippen molar-refractivity contribution in [3.8, 4) is 0 Å². The van der Waals surface area contributed by atoms with E-state index in [4.69, 9.17) is 22.2 Å². The molecule has 200 valence electrons. The monoisotopic (exact) mass is 524 g/mol. The van der Waals surface area contributed by atoms with Gasteiger partial charge in [0.25, 0.3) is 0 Å². The van der Waals surface area contributed by atoms with Crippen molar-refractivity contribution in [3.63, 3.8) is 0 Å². The number of aromatic nitrogens is 2. The Morgan fingerprint density at radius 2 is 1.76 bits per heavy atom. The Bertz CT molecular complexity index is 1070. The number of benzene rings is 1. The molecule has 2 N–H and O–H groups in total. The molecule has 0 radical (unpaired) electrons. The van der Waals surface area contributed by atoms with E-state index in [-0.39, 0.29) is 11.2 Å². The Morgan fingerprint density at radius 3 is 2.49 bits per heavy atom. The van der Waals surface area contributed by atoms with Gasteiger partial charge in [-0.25, -0.2) is 4.39 Å². The predicted molar refractivity (Wildman–Crippen MR) is 154 cm³/mol. The zero-order chi connectivity index (χ0) is 25.8. The summed E-state index contributed by atoms with van der Waals surface area (Å²) in [6.45, 7) is 8.39. The topological polar surface area (TPSA) is 56.3 Å². The minimum Gasteiger partial charge on any atom is -0.361 e. The largest absolute Gasteiger partial charge is 0.361 e. The third-order valence-electron chi connectivity index (χ3n) is 8.61. The van der Waals surface area contributed by atoms with Gasteiger partial charge in [-0.15, -0.1) is 0 Å². The van der Waals surface area contributed by atoms with Gasteiger partial charge in [-0.05, 0) is 87.7 Å². The van der Waals surface area contributed by atoms with Crippen molar-refractivity contribution in [2.45, 2.75) is 83.1 Å². The smallest absolute Gasteiger partial charge is 0.232 e. The molecule has 1 saturated carbocycles. The van der Waals surface area contributed by atoms with E-state index in [1.807, 2.05) is 12.1 Å².